The molecule has 2 aromatic carbocycles. The highest BCUT2D eigenvalue weighted by Gasteiger charge is 2.08. The van der Waals surface area contributed by atoms with Crippen molar-refractivity contribution in [3.63, 3.8) is 0 Å². The van der Waals surface area contributed by atoms with E-state index in [0.717, 1.165) is 10.8 Å². The summed E-state index contributed by atoms with van der Waals surface area (Å²) in [6, 6.07) is 7.21. The van der Waals surface area contributed by atoms with Gasteiger partial charge in [-0.1, -0.05) is 35.3 Å². The summed E-state index contributed by atoms with van der Waals surface area (Å²) in [6.07, 6.45) is 0. The minimum absolute atomic E-state index is 0.476. The number of benzene rings is 2. The monoisotopic (exact) mass is 226 g/mol. The second kappa shape index (κ2) is 3.23. The smallest absolute Gasteiger partial charge is 0.0642 e. The van der Waals surface area contributed by atoms with Gasteiger partial charge in [0, 0.05) is 5.39 Å². The van der Waals surface area contributed by atoms with Crippen LogP contribution in [0.4, 0.5) is 11.4 Å². The molecule has 0 bridgehead atoms. The summed E-state index contributed by atoms with van der Waals surface area (Å²) in [4.78, 5) is 0. The highest BCUT2D eigenvalue weighted by atomic mass is 35.5. The van der Waals surface area contributed by atoms with Gasteiger partial charge in [0.1, 0.15) is 0 Å². The van der Waals surface area contributed by atoms with Gasteiger partial charge in [-0.25, -0.2) is 0 Å². The Morgan fingerprint density at radius 1 is 0.786 bits per heavy atom. The Balaban J connectivity index is 2.98. The molecule has 0 saturated heterocycles. The van der Waals surface area contributed by atoms with Gasteiger partial charge in [0.15, 0.2) is 0 Å². The molecule has 0 aromatic heterocycles. The van der Waals surface area contributed by atoms with E-state index in [2.05, 4.69) is 0 Å². The lowest BCUT2D eigenvalue weighted by molar-refractivity contribution is 1.71. The van der Waals surface area contributed by atoms with Crippen molar-refractivity contribution < 1.29 is 0 Å². The summed E-state index contributed by atoms with van der Waals surface area (Å²) < 4.78 is 0. The average Bonchev–Trinajstić information content (AvgIpc) is 2.17. The van der Waals surface area contributed by atoms with E-state index in [1.165, 1.54) is 0 Å². The van der Waals surface area contributed by atoms with Crippen molar-refractivity contribution in [1.82, 2.24) is 0 Å². The van der Waals surface area contributed by atoms with E-state index in [1.54, 1.807) is 12.1 Å². The molecule has 2 nitrogen and oxygen atoms in total. The number of halogens is 2. The molecule has 0 unspecified atom stereocenters. The molecule has 0 amide bonds. The lowest BCUT2D eigenvalue weighted by atomic mass is 10.1. The molecule has 0 spiro atoms. The summed E-state index contributed by atoms with van der Waals surface area (Å²) in [5.41, 5.74) is 12.6. The number of rotatable bonds is 0. The topological polar surface area (TPSA) is 52.0 Å². The van der Waals surface area contributed by atoms with Gasteiger partial charge < -0.3 is 11.5 Å². The van der Waals surface area contributed by atoms with Crippen LogP contribution in [0.1, 0.15) is 0 Å². The SMILES string of the molecule is Nc1c(Cl)ccc2ccc(Cl)c(N)c12. The summed E-state index contributed by atoms with van der Waals surface area (Å²) >= 11 is 11.8. The van der Waals surface area contributed by atoms with Gasteiger partial charge in [0.05, 0.1) is 21.4 Å². The van der Waals surface area contributed by atoms with Crippen molar-refractivity contribution in [3.05, 3.63) is 34.3 Å². The van der Waals surface area contributed by atoms with Gasteiger partial charge >= 0.3 is 0 Å². The second-order valence-electron chi connectivity index (χ2n) is 3.02. The van der Waals surface area contributed by atoms with Crippen LogP contribution < -0.4 is 11.5 Å². The normalized spacial score (nSPS) is 10.7. The average molecular weight is 227 g/mol. The highest BCUT2D eigenvalue weighted by molar-refractivity contribution is 6.37. The molecule has 14 heavy (non-hydrogen) atoms. The number of fused-ring (bicyclic) bond motifs is 1. The molecule has 0 aliphatic carbocycles. The molecule has 72 valence electrons. The van der Waals surface area contributed by atoms with Gasteiger partial charge in [-0.2, -0.15) is 0 Å². The third-order valence-corrected chi connectivity index (χ3v) is 2.82. The van der Waals surface area contributed by atoms with E-state index in [-0.39, 0.29) is 0 Å². The predicted octanol–water partition coefficient (Wildman–Crippen LogP) is 3.31. The minimum Gasteiger partial charge on any atom is -0.397 e. The largest absolute Gasteiger partial charge is 0.397 e. The van der Waals surface area contributed by atoms with Crippen LogP contribution in [0.3, 0.4) is 0 Å². The second-order valence-corrected chi connectivity index (χ2v) is 3.83. The van der Waals surface area contributed by atoms with E-state index < -0.39 is 0 Å². The lowest BCUT2D eigenvalue weighted by Crippen LogP contribution is -1.94. The van der Waals surface area contributed by atoms with E-state index in [9.17, 15) is 0 Å². The zero-order valence-electron chi connectivity index (χ0n) is 7.22. The molecule has 0 radical (unpaired) electrons. The number of hydrogen-bond donors (Lipinski definition) is 2. The Hall–Kier alpha value is -1.12. The molecule has 4 heteroatoms. The van der Waals surface area contributed by atoms with Crippen LogP contribution in [0, 0.1) is 0 Å². The van der Waals surface area contributed by atoms with Gasteiger partial charge in [-0.15, -0.1) is 0 Å². The number of nitrogen functional groups attached to an aromatic ring is 2. The molecule has 0 saturated carbocycles. The molecule has 0 atom stereocenters. The molecule has 4 N–H and O–H groups in total. The minimum atomic E-state index is 0.476. The fourth-order valence-electron chi connectivity index (χ4n) is 1.42. The molecule has 0 aliphatic rings. The molecule has 0 fully saturated rings. The Morgan fingerprint density at radius 3 is 1.64 bits per heavy atom. The molecular weight excluding hydrogens is 219 g/mol. The summed E-state index contributed by atoms with van der Waals surface area (Å²) in [5.74, 6) is 0. The van der Waals surface area contributed by atoms with E-state index >= 15 is 0 Å². The first-order chi connectivity index (χ1) is 6.61. The van der Waals surface area contributed by atoms with Crippen LogP contribution in [-0.4, -0.2) is 0 Å². The maximum Gasteiger partial charge on any atom is 0.0642 e. The van der Waals surface area contributed by atoms with E-state index in [0.29, 0.717) is 21.4 Å². The van der Waals surface area contributed by atoms with Crippen molar-refractivity contribution in [1.29, 1.82) is 0 Å². The van der Waals surface area contributed by atoms with Crippen LogP contribution >= 0.6 is 23.2 Å². The summed E-state index contributed by atoms with van der Waals surface area (Å²) in [6.45, 7) is 0. The van der Waals surface area contributed by atoms with Crippen LogP contribution in [0.2, 0.25) is 10.0 Å². The van der Waals surface area contributed by atoms with E-state index in [4.69, 9.17) is 34.7 Å². The zero-order chi connectivity index (χ0) is 10.3. The molecular formula is C10H8Cl2N2. The summed E-state index contributed by atoms with van der Waals surface area (Å²) in [7, 11) is 0. The van der Waals surface area contributed by atoms with Crippen LogP contribution in [-0.2, 0) is 0 Å². The number of hydrogen-bond acceptors (Lipinski definition) is 2. The van der Waals surface area contributed by atoms with Gasteiger partial charge in [-0.3, -0.25) is 0 Å². The summed E-state index contributed by atoms with van der Waals surface area (Å²) in [5, 5.41) is 2.65. The lowest BCUT2D eigenvalue weighted by Gasteiger charge is -2.08. The fraction of sp³-hybridized carbons (Fsp3) is 0. The Kier molecular flexibility index (Phi) is 2.17. The Labute approximate surface area is 91.4 Å². The number of nitrogens with two attached hydrogens (primary N) is 2. The predicted molar refractivity (Wildman–Crippen MR) is 62.8 cm³/mol. The first-order valence-corrected chi connectivity index (χ1v) is 4.78. The Morgan fingerprint density at radius 2 is 1.21 bits per heavy atom. The third kappa shape index (κ3) is 1.27. The molecule has 0 heterocycles. The van der Waals surface area contributed by atoms with Crippen molar-refractivity contribution in [3.8, 4) is 0 Å². The molecule has 2 aromatic rings. The maximum atomic E-state index is 5.89. The van der Waals surface area contributed by atoms with Crippen molar-refractivity contribution >= 4 is 45.3 Å². The fourth-order valence-corrected chi connectivity index (χ4v) is 1.74. The van der Waals surface area contributed by atoms with Gasteiger partial charge in [0.2, 0.25) is 0 Å². The third-order valence-electron chi connectivity index (χ3n) is 2.16. The van der Waals surface area contributed by atoms with Crippen molar-refractivity contribution in [2.45, 2.75) is 0 Å². The molecule has 2 rings (SSSR count). The van der Waals surface area contributed by atoms with Crippen molar-refractivity contribution in [2.24, 2.45) is 0 Å². The van der Waals surface area contributed by atoms with Gasteiger partial charge in [-0.05, 0) is 17.5 Å². The quantitative estimate of drug-likeness (QED) is 0.678. The standard InChI is InChI=1S/C10H8Cl2N2/c11-6-3-1-5-2-4-7(12)10(14)8(5)9(6)13/h1-4H,13-14H2. The van der Waals surface area contributed by atoms with E-state index in [1.807, 2.05) is 12.1 Å². The first kappa shape index (κ1) is 9.44. The van der Waals surface area contributed by atoms with Crippen molar-refractivity contribution in [2.75, 3.05) is 11.5 Å². The molecule has 0 aliphatic heterocycles. The van der Waals surface area contributed by atoms with Crippen LogP contribution in [0.5, 0.6) is 0 Å². The zero-order valence-corrected chi connectivity index (χ0v) is 8.73. The maximum absolute atomic E-state index is 5.89. The van der Waals surface area contributed by atoms with Crippen LogP contribution in [0.25, 0.3) is 10.8 Å². The van der Waals surface area contributed by atoms with Gasteiger partial charge in [0.25, 0.3) is 0 Å². The highest BCUT2D eigenvalue weighted by Crippen LogP contribution is 2.36. The number of anilines is 2. The first-order valence-electron chi connectivity index (χ1n) is 4.03. The Bertz CT molecular complexity index is 466. The van der Waals surface area contributed by atoms with Crippen LogP contribution in [0.15, 0.2) is 24.3 Å².